The Morgan fingerprint density at radius 3 is 2.89 bits per heavy atom. The van der Waals surface area contributed by atoms with E-state index in [0.29, 0.717) is 18.0 Å². The fraction of sp³-hybridized carbons (Fsp3) is 0.500. The lowest BCUT2D eigenvalue weighted by Crippen LogP contribution is -2.31. The SMILES string of the molecule is Cc1cc(N[C@@H](CC(C)C)C(=O)O)n2ncnc2n1. The van der Waals surface area contributed by atoms with Crippen LogP contribution in [0.3, 0.4) is 0 Å². The molecular weight excluding hydrogens is 246 g/mol. The van der Waals surface area contributed by atoms with Gasteiger partial charge in [0, 0.05) is 11.8 Å². The van der Waals surface area contributed by atoms with E-state index in [2.05, 4.69) is 20.4 Å². The number of carboxylic acids is 1. The lowest BCUT2D eigenvalue weighted by atomic mass is 10.0. The van der Waals surface area contributed by atoms with Crippen molar-refractivity contribution in [3.05, 3.63) is 18.1 Å². The van der Waals surface area contributed by atoms with Crippen molar-refractivity contribution in [2.24, 2.45) is 5.92 Å². The maximum Gasteiger partial charge on any atom is 0.326 e. The number of aromatic nitrogens is 4. The van der Waals surface area contributed by atoms with Crippen LogP contribution < -0.4 is 5.32 Å². The van der Waals surface area contributed by atoms with Gasteiger partial charge in [-0.2, -0.15) is 14.6 Å². The number of hydrogen-bond donors (Lipinski definition) is 2. The predicted octanol–water partition coefficient (Wildman–Crippen LogP) is 1.34. The molecular formula is C12H17N5O2. The van der Waals surface area contributed by atoms with E-state index < -0.39 is 12.0 Å². The van der Waals surface area contributed by atoms with Crippen molar-refractivity contribution in [3.63, 3.8) is 0 Å². The van der Waals surface area contributed by atoms with Crippen LogP contribution in [0.4, 0.5) is 5.82 Å². The largest absolute Gasteiger partial charge is 0.480 e. The van der Waals surface area contributed by atoms with Crippen LogP contribution >= 0.6 is 0 Å². The van der Waals surface area contributed by atoms with Crippen molar-refractivity contribution in [2.45, 2.75) is 33.2 Å². The Balaban J connectivity index is 2.32. The van der Waals surface area contributed by atoms with Gasteiger partial charge in [-0.25, -0.2) is 9.78 Å². The number of rotatable bonds is 5. The normalized spacial score (nSPS) is 12.8. The molecule has 0 unspecified atom stereocenters. The molecule has 0 saturated carbocycles. The van der Waals surface area contributed by atoms with E-state index in [9.17, 15) is 9.90 Å². The van der Waals surface area contributed by atoms with Crippen LogP contribution in [0.1, 0.15) is 26.0 Å². The summed E-state index contributed by atoms with van der Waals surface area (Å²) in [5.41, 5.74) is 0.761. The molecule has 0 fully saturated rings. The van der Waals surface area contributed by atoms with E-state index in [1.165, 1.54) is 10.8 Å². The number of carbonyl (C=O) groups is 1. The Labute approximate surface area is 110 Å². The van der Waals surface area contributed by atoms with Crippen LogP contribution in [-0.2, 0) is 4.79 Å². The molecule has 1 atom stereocenters. The van der Waals surface area contributed by atoms with Crippen LogP contribution in [0.5, 0.6) is 0 Å². The molecule has 102 valence electrons. The molecule has 2 N–H and O–H groups in total. The van der Waals surface area contributed by atoms with Gasteiger partial charge in [0.2, 0.25) is 0 Å². The van der Waals surface area contributed by atoms with Gasteiger partial charge in [-0.3, -0.25) is 0 Å². The number of nitrogens with zero attached hydrogens (tertiary/aromatic N) is 4. The van der Waals surface area contributed by atoms with Crippen LogP contribution in [0.2, 0.25) is 0 Å². The van der Waals surface area contributed by atoms with Crippen LogP contribution in [0, 0.1) is 12.8 Å². The maximum absolute atomic E-state index is 11.3. The summed E-state index contributed by atoms with van der Waals surface area (Å²) in [6, 6.07) is 1.10. The maximum atomic E-state index is 11.3. The van der Waals surface area contributed by atoms with Gasteiger partial charge in [0.05, 0.1) is 0 Å². The molecule has 0 aliphatic heterocycles. The van der Waals surface area contributed by atoms with Crippen molar-refractivity contribution in [2.75, 3.05) is 5.32 Å². The average Bonchev–Trinajstić information content (AvgIpc) is 2.75. The van der Waals surface area contributed by atoms with Gasteiger partial charge >= 0.3 is 5.97 Å². The first-order valence-corrected chi connectivity index (χ1v) is 6.14. The fourth-order valence-electron chi connectivity index (χ4n) is 1.90. The number of fused-ring (bicyclic) bond motifs is 1. The Morgan fingerprint density at radius 2 is 2.26 bits per heavy atom. The third-order valence-corrected chi connectivity index (χ3v) is 2.71. The highest BCUT2D eigenvalue weighted by atomic mass is 16.4. The van der Waals surface area contributed by atoms with Gasteiger partial charge in [-0.15, -0.1) is 0 Å². The van der Waals surface area contributed by atoms with Crippen molar-refractivity contribution in [3.8, 4) is 0 Å². The zero-order valence-corrected chi connectivity index (χ0v) is 11.2. The predicted molar refractivity (Wildman–Crippen MR) is 70.0 cm³/mol. The summed E-state index contributed by atoms with van der Waals surface area (Å²) in [6.07, 6.45) is 1.93. The summed E-state index contributed by atoms with van der Waals surface area (Å²) in [6.45, 7) is 5.80. The van der Waals surface area contributed by atoms with E-state index in [1.807, 2.05) is 20.8 Å². The van der Waals surface area contributed by atoms with Crippen molar-refractivity contribution < 1.29 is 9.90 Å². The number of hydrogen-bond acceptors (Lipinski definition) is 5. The van der Waals surface area contributed by atoms with Gasteiger partial charge in [0.15, 0.2) is 0 Å². The molecule has 0 amide bonds. The van der Waals surface area contributed by atoms with Gasteiger partial charge in [0.1, 0.15) is 18.2 Å². The highest BCUT2D eigenvalue weighted by Gasteiger charge is 2.20. The minimum Gasteiger partial charge on any atom is -0.480 e. The number of carboxylic acid groups (broad SMARTS) is 1. The van der Waals surface area contributed by atoms with Gasteiger partial charge in [-0.05, 0) is 19.3 Å². The fourth-order valence-corrected chi connectivity index (χ4v) is 1.90. The molecule has 2 aromatic heterocycles. The molecule has 0 spiro atoms. The van der Waals surface area contributed by atoms with Gasteiger partial charge in [0.25, 0.3) is 5.78 Å². The second-order valence-corrected chi connectivity index (χ2v) is 4.92. The zero-order chi connectivity index (χ0) is 14.0. The van der Waals surface area contributed by atoms with E-state index in [-0.39, 0.29) is 5.92 Å². The topological polar surface area (TPSA) is 92.4 Å². The summed E-state index contributed by atoms with van der Waals surface area (Å²) in [4.78, 5) is 19.5. The van der Waals surface area contributed by atoms with E-state index in [4.69, 9.17) is 0 Å². The molecule has 0 bridgehead atoms. The van der Waals surface area contributed by atoms with Crippen LogP contribution in [-0.4, -0.2) is 36.7 Å². The molecule has 2 aromatic rings. The molecule has 7 heteroatoms. The first-order chi connectivity index (χ1) is 8.97. The van der Waals surface area contributed by atoms with Crippen molar-refractivity contribution >= 4 is 17.6 Å². The molecule has 0 aliphatic carbocycles. The van der Waals surface area contributed by atoms with Gasteiger partial charge in [-0.1, -0.05) is 13.8 Å². The van der Waals surface area contributed by atoms with Crippen LogP contribution in [0.25, 0.3) is 5.78 Å². The first-order valence-electron chi connectivity index (χ1n) is 6.14. The Morgan fingerprint density at radius 1 is 1.53 bits per heavy atom. The van der Waals surface area contributed by atoms with Crippen molar-refractivity contribution in [1.29, 1.82) is 0 Å². The molecule has 7 nitrogen and oxygen atoms in total. The molecule has 2 rings (SSSR count). The van der Waals surface area contributed by atoms with E-state index in [0.717, 1.165) is 5.69 Å². The lowest BCUT2D eigenvalue weighted by molar-refractivity contribution is -0.138. The molecule has 0 radical (unpaired) electrons. The third kappa shape index (κ3) is 2.98. The molecule has 19 heavy (non-hydrogen) atoms. The highest BCUT2D eigenvalue weighted by Crippen LogP contribution is 2.15. The number of nitrogens with one attached hydrogen (secondary N) is 1. The number of aliphatic carboxylic acids is 1. The first kappa shape index (κ1) is 13.3. The summed E-state index contributed by atoms with van der Waals surface area (Å²) in [5, 5.41) is 16.3. The quantitative estimate of drug-likeness (QED) is 0.845. The lowest BCUT2D eigenvalue weighted by Gasteiger charge is -2.18. The molecule has 0 saturated heterocycles. The zero-order valence-electron chi connectivity index (χ0n) is 11.2. The third-order valence-electron chi connectivity index (χ3n) is 2.71. The molecule has 0 aliphatic rings. The molecule has 2 heterocycles. The highest BCUT2D eigenvalue weighted by molar-refractivity contribution is 5.77. The second-order valence-electron chi connectivity index (χ2n) is 4.92. The Bertz CT molecular complexity index is 593. The Kier molecular flexibility index (Phi) is 3.64. The summed E-state index contributed by atoms with van der Waals surface area (Å²) in [7, 11) is 0. The van der Waals surface area contributed by atoms with E-state index >= 15 is 0 Å². The van der Waals surface area contributed by atoms with Crippen LogP contribution in [0.15, 0.2) is 12.4 Å². The standard InChI is InChI=1S/C12H17N5O2/c1-7(2)4-9(11(18)19)16-10-5-8(3)15-12-13-6-14-17(10)12/h5-7,9,16H,4H2,1-3H3,(H,18,19)/t9-/m0/s1. The molecule has 0 aromatic carbocycles. The van der Waals surface area contributed by atoms with Gasteiger partial charge < -0.3 is 10.4 Å². The van der Waals surface area contributed by atoms with Crippen molar-refractivity contribution in [1.82, 2.24) is 19.6 Å². The smallest absolute Gasteiger partial charge is 0.326 e. The monoisotopic (exact) mass is 263 g/mol. The summed E-state index contributed by atoms with van der Waals surface area (Å²) in [5.74, 6) is 0.448. The Hall–Kier alpha value is -2.18. The minimum atomic E-state index is -0.878. The minimum absolute atomic E-state index is 0.280. The average molecular weight is 263 g/mol. The summed E-state index contributed by atoms with van der Waals surface area (Å²) >= 11 is 0. The van der Waals surface area contributed by atoms with E-state index in [1.54, 1.807) is 6.07 Å². The second kappa shape index (κ2) is 5.21. The number of anilines is 1. The number of aryl methyl sites for hydroxylation is 1. The summed E-state index contributed by atoms with van der Waals surface area (Å²) < 4.78 is 1.50.